The van der Waals surface area contributed by atoms with Gasteiger partial charge in [0.1, 0.15) is 6.54 Å². The third-order valence-corrected chi connectivity index (χ3v) is 15.2. The van der Waals surface area contributed by atoms with Crippen LogP contribution in [0.2, 0.25) is 0 Å². The van der Waals surface area contributed by atoms with Crippen molar-refractivity contribution in [3.05, 3.63) is 89.2 Å². The number of aryl methyl sites for hydroxylation is 1. The molecule has 2 aliphatic heterocycles. The molecule has 2 aromatic rings. The molecule has 13 nitrogen and oxygen atoms in total. The van der Waals surface area contributed by atoms with Gasteiger partial charge in [-0.15, -0.1) is 0 Å². The van der Waals surface area contributed by atoms with Crippen LogP contribution in [0.5, 0.6) is 0 Å². The molecule has 59 heavy (non-hydrogen) atoms. The predicted molar refractivity (Wildman–Crippen MR) is 231 cm³/mol. The van der Waals surface area contributed by atoms with Crippen LogP contribution in [0.1, 0.15) is 95.2 Å². The Morgan fingerprint density at radius 1 is 0.746 bits per heavy atom. The molecule has 2 aromatic carbocycles. The molecule has 0 saturated heterocycles. The number of benzene rings is 2. The van der Waals surface area contributed by atoms with Gasteiger partial charge in [-0.1, -0.05) is 36.3 Å². The van der Waals surface area contributed by atoms with Gasteiger partial charge in [-0.25, -0.2) is 0 Å². The van der Waals surface area contributed by atoms with Crippen LogP contribution in [-0.4, -0.2) is 94.5 Å². The maximum atomic E-state index is 12.9. The van der Waals surface area contributed by atoms with Crippen LogP contribution in [0.3, 0.4) is 0 Å². The Bertz CT molecular complexity index is 2290. The summed E-state index contributed by atoms with van der Waals surface area (Å²) in [6.45, 7) is 9.78. The molecule has 16 heteroatoms. The molecule has 0 radical (unpaired) electrons. The van der Waals surface area contributed by atoms with Gasteiger partial charge >= 0.3 is 5.97 Å². The molecule has 0 saturated carbocycles. The minimum atomic E-state index is -4.04. The van der Waals surface area contributed by atoms with Crippen molar-refractivity contribution < 1.29 is 51.9 Å². The molecule has 4 rings (SSSR count). The number of esters is 1. The first-order valence-electron chi connectivity index (χ1n) is 19.9. The standard InChI is InChI=1S/C43H61N2O11S3/c1-33-22-24-37-35(31-33)42(2,3)39(44(37)27-15-10-13-21-41(46)53-5)19-11-9-12-20-40-43(4,26-14-17-29-57(47,48)54-6)36-32-34(59(51,52)56-8)23-25-38(36)45(40)28-16-18-30-58(49,50)55-7/h9,11-12,19-20,22-25,31-32H,10,13-18,21,26-30H2,1-8H3/q+1. The normalized spacial score (nSPS) is 18.7. The van der Waals surface area contributed by atoms with Crippen LogP contribution in [0.4, 0.5) is 11.4 Å². The molecule has 2 aliphatic rings. The number of unbranched alkanes of at least 4 members (excludes halogenated alkanes) is 4. The number of nitrogens with zero attached hydrogens (tertiary/aromatic N) is 2. The van der Waals surface area contributed by atoms with Crippen molar-refractivity contribution in [3.8, 4) is 0 Å². The minimum absolute atomic E-state index is 0.00166. The van der Waals surface area contributed by atoms with Gasteiger partial charge < -0.3 is 9.64 Å². The average molecular weight is 878 g/mol. The predicted octanol–water partition coefficient (Wildman–Crippen LogP) is 7.12. The SMILES string of the molecule is COC(=O)CCCCC[N+]1=C(C=CC=CC=C2N(CCCCS(=O)(=O)OC)c3ccc(S(=O)(=O)OC)cc3C2(C)CCCCS(=O)(=O)OC)C(C)(C)c2cc(C)ccc21. The third kappa shape index (κ3) is 11.8. The summed E-state index contributed by atoms with van der Waals surface area (Å²) in [5, 5.41) is 0. The van der Waals surface area contributed by atoms with E-state index in [1.165, 1.54) is 30.0 Å². The Kier molecular flexibility index (Phi) is 16.5. The highest BCUT2D eigenvalue weighted by molar-refractivity contribution is 7.87. The highest BCUT2D eigenvalue weighted by Crippen LogP contribution is 2.51. The summed E-state index contributed by atoms with van der Waals surface area (Å²) in [6, 6.07) is 11.4. The molecule has 0 spiro atoms. The Balaban J connectivity index is 1.73. The van der Waals surface area contributed by atoms with Crippen molar-refractivity contribution in [1.82, 2.24) is 0 Å². The fourth-order valence-corrected chi connectivity index (χ4v) is 10.1. The number of anilines is 1. The van der Waals surface area contributed by atoms with Gasteiger partial charge in [0.2, 0.25) is 5.69 Å². The van der Waals surface area contributed by atoms with Gasteiger partial charge in [-0.2, -0.15) is 29.8 Å². The van der Waals surface area contributed by atoms with Crippen LogP contribution in [-0.2, 0) is 63.3 Å². The van der Waals surface area contributed by atoms with Crippen LogP contribution in [0.25, 0.3) is 0 Å². The quantitative estimate of drug-likeness (QED) is 0.0366. The second-order valence-electron chi connectivity index (χ2n) is 15.7. The molecular weight excluding hydrogens is 817 g/mol. The molecule has 2 heterocycles. The number of rotatable bonds is 23. The Morgan fingerprint density at radius 2 is 1.42 bits per heavy atom. The summed E-state index contributed by atoms with van der Waals surface area (Å²) in [5.74, 6) is -0.503. The lowest BCUT2D eigenvalue weighted by molar-refractivity contribution is -0.438. The van der Waals surface area contributed by atoms with E-state index in [-0.39, 0.29) is 27.8 Å². The first-order valence-corrected chi connectivity index (χ1v) is 24.5. The van der Waals surface area contributed by atoms with E-state index < -0.39 is 35.8 Å². The van der Waals surface area contributed by atoms with E-state index in [0.29, 0.717) is 45.1 Å². The minimum Gasteiger partial charge on any atom is -0.469 e. The zero-order chi connectivity index (χ0) is 43.6. The van der Waals surface area contributed by atoms with Crippen LogP contribution in [0.15, 0.2) is 77.4 Å². The summed E-state index contributed by atoms with van der Waals surface area (Å²) in [5.41, 5.74) is 6.09. The van der Waals surface area contributed by atoms with Gasteiger partial charge in [0.25, 0.3) is 30.4 Å². The lowest BCUT2D eigenvalue weighted by Gasteiger charge is -2.30. The smallest absolute Gasteiger partial charge is 0.305 e. The van der Waals surface area contributed by atoms with Crippen LogP contribution in [0, 0.1) is 6.92 Å². The lowest BCUT2D eigenvalue weighted by atomic mass is 9.77. The van der Waals surface area contributed by atoms with Crippen molar-refractivity contribution >= 4 is 53.4 Å². The van der Waals surface area contributed by atoms with Crippen molar-refractivity contribution in [2.75, 3.05) is 57.9 Å². The molecule has 0 aromatic heterocycles. The molecular formula is C43H61N2O11S3+. The van der Waals surface area contributed by atoms with E-state index in [9.17, 15) is 30.0 Å². The highest BCUT2D eigenvalue weighted by Gasteiger charge is 2.45. The largest absolute Gasteiger partial charge is 0.469 e. The van der Waals surface area contributed by atoms with Crippen LogP contribution >= 0.6 is 0 Å². The van der Waals surface area contributed by atoms with E-state index >= 15 is 0 Å². The van der Waals surface area contributed by atoms with Gasteiger partial charge in [0.15, 0.2) is 5.71 Å². The number of hydrogen-bond acceptors (Lipinski definition) is 12. The van der Waals surface area contributed by atoms with E-state index in [2.05, 4.69) is 62.9 Å². The second-order valence-corrected chi connectivity index (χ2v) is 21.1. The molecule has 1 unspecified atom stereocenters. The lowest BCUT2D eigenvalue weighted by Crippen LogP contribution is -2.29. The zero-order valence-electron chi connectivity index (χ0n) is 35.7. The number of carbonyl (C=O) groups is 1. The summed E-state index contributed by atoms with van der Waals surface area (Å²) < 4.78 is 95.7. The van der Waals surface area contributed by atoms with E-state index in [4.69, 9.17) is 8.92 Å². The average Bonchev–Trinajstić information content (AvgIpc) is 3.56. The van der Waals surface area contributed by atoms with Crippen molar-refractivity contribution in [2.24, 2.45) is 0 Å². The first kappa shape index (κ1) is 48.0. The fraction of sp³-hybridized carbons (Fsp3) is 0.535. The third-order valence-electron chi connectivity index (χ3n) is 11.3. The highest BCUT2D eigenvalue weighted by atomic mass is 32.2. The van der Waals surface area contributed by atoms with Gasteiger partial charge in [0, 0.05) is 53.9 Å². The molecule has 326 valence electrons. The summed E-state index contributed by atoms with van der Waals surface area (Å²) in [7, 11) is -6.57. The number of fused-ring (bicyclic) bond motifs is 2. The van der Waals surface area contributed by atoms with E-state index in [1.807, 2.05) is 31.2 Å². The molecule has 0 N–H and O–H groups in total. The van der Waals surface area contributed by atoms with Crippen molar-refractivity contribution in [1.29, 1.82) is 0 Å². The van der Waals surface area contributed by atoms with Crippen LogP contribution < -0.4 is 4.90 Å². The van der Waals surface area contributed by atoms with Gasteiger partial charge in [-0.3, -0.25) is 17.3 Å². The fourth-order valence-electron chi connectivity index (χ4n) is 7.97. The molecule has 1 atom stereocenters. The second kappa shape index (κ2) is 20.3. The Morgan fingerprint density at radius 3 is 2.07 bits per heavy atom. The maximum absolute atomic E-state index is 12.9. The monoisotopic (exact) mass is 877 g/mol. The first-order chi connectivity index (χ1) is 27.8. The Labute approximate surface area is 352 Å². The molecule has 0 fully saturated rings. The van der Waals surface area contributed by atoms with Gasteiger partial charge in [0.05, 0.1) is 50.3 Å². The maximum Gasteiger partial charge on any atom is 0.305 e. The molecule has 0 amide bonds. The molecule has 0 aliphatic carbocycles. The number of allylic oxidation sites excluding steroid dienone is 6. The summed E-state index contributed by atoms with van der Waals surface area (Å²) in [4.78, 5) is 13.8. The number of hydrogen-bond donors (Lipinski definition) is 0. The topological polar surface area (TPSA) is 163 Å². The Hall–Kier alpha value is -3.67. The number of ether oxygens (including phenoxy) is 1. The van der Waals surface area contributed by atoms with E-state index in [0.717, 1.165) is 69.8 Å². The summed E-state index contributed by atoms with van der Waals surface area (Å²) in [6.07, 6.45) is 15.1. The van der Waals surface area contributed by atoms with E-state index in [1.54, 1.807) is 12.1 Å². The summed E-state index contributed by atoms with van der Waals surface area (Å²) >= 11 is 0. The number of carbonyl (C=O) groups excluding carboxylic acids is 1. The van der Waals surface area contributed by atoms with Crippen molar-refractivity contribution in [2.45, 2.75) is 101 Å². The molecule has 0 bridgehead atoms. The number of methoxy groups -OCH3 is 1. The van der Waals surface area contributed by atoms with Crippen molar-refractivity contribution in [3.63, 3.8) is 0 Å². The van der Waals surface area contributed by atoms with Gasteiger partial charge in [-0.05, 0) is 102 Å². The zero-order valence-corrected chi connectivity index (χ0v) is 38.1.